The van der Waals surface area contributed by atoms with Crippen LogP contribution in [0.4, 0.5) is 11.5 Å². The summed E-state index contributed by atoms with van der Waals surface area (Å²) in [5.41, 5.74) is 7.44. The molecule has 0 unspecified atom stereocenters. The summed E-state index contributed by atoms with van der Waals surface area (Å²) in [7, 11) is 0. The number of nitrogens with two attached hydrogens (primary N) is 1. The van der Waals surface area contributed by atoms with Gasteiger partial charge >= 0.3 is 0 Å². The Kier molecular flexibility index (Phi) is 5.86. The topological polar surface area (TPSA) is 103 Å². The fourth-order valence-corrected chi connectivity index (χ4v) is 3.49. The van der Waals surface area contributed by atoms with Crippen LogP contribution in [0.25, 0.3) is 11.3 Å². The number of aliphatic imine (C=N–C) groups is 2. The van der Waals surface area contributed by atoms with Crippen LogP contribution in [0.2, 0.25) is 10.0 Å². The SMILES string of the molecule is C=Nc1c(N=C(C)N2CCC(N)(CO)CC2)n[nH]c1-c1cccc(Cl)c1Cl. The molecule has 2 aromatic rings. The molecule has 0 amide bonds. The molecule has 27 heavy (non-hydrogen) atoms. The van der Waals surface area contributed by atoms with E-state index in [0.717, 1.165) is 18.9 Å². The van der Waals surface area contributed by atoms with Crippen molar-refractivity contribution in [2.75, 3.05) is 19.7 Å². The molecular weight excluding hydrogens is 387 g/mol. The fourth-order valence-electron chi connectivity index (χ4n) is 3.10. The van der Waals surface area contributed by atoms with Crippen LogP contribution in [-0.4, -0.2) is 58.0 Å². The van der Waals surface area contributed by atoms with E-state index >= 15 is 0 Å². The van der Waals surface area contributed by atoms with E-state index in [1.807, 2.05) is 13.0 Å². The number of amidine groups is 1. The Hall–Kier alpha value is -1.93. The maximum Gasteiger partial charge on any atom is 0.201 e. The summed E-state index contributed by atoms with van der Waals surface area (Å²) < 4.78 is 0. The number of aliphatic hydroxyl groups excluding tert-OH is 1. The van der Waals surface area contributed by atoms with Gasteiger partial charge in [-0.1, -0.05) is 35.3 Å². The van der Waals surface area contributed by atoms with Gasteiger partial charge in [-0.3, -0.25) is 10.1 Å². The van der Waals surface area contributed by atoms with E-state index < -0.39 is 5.54 Å². The van der Waals surface area contributed by atoms with Crippen molar-refractivity contribution in [2.45, 2.75) is 25.3 Å². The highest BCUT2D eigenvalue weighted by atomic mass is 35.5. The van der Waals surface area contributed by atoms with Gasteiger partial charge in [0.05, 0.1) is 22.3 Å². The van der Waals surface area contributed by atoms with Crippen molar-refractivity contribution in [1.29, 1.82) is 0 Å². The van der Waals surface area contributed by atoms with Gasteiger partial charge in [0.25, 0.3) is 0 Å². The van der Waals surface area contributed by atoms with Crippen LogP contribution in [0, 0.1) is 0 Å². The number of halogens is 2. The lowest BCUT2D eigenvalue weighted by Gasteiger charge is -2.38. The Bertz CT molecular complexity index is 871. The molecule has 1 aromatic carbocycles. The van der Waals surface area contributed by atoms with Gasteiger partial charge in [-0.2, -0.15) is 5.10 Å². The van der Waals surface area contributed by atoms with Crippen LogP contribution in [0.5, 0.6) is 0 Å². The molecule has 0 aliphatic carbocycles. The molecule has 1 aliphatic heterocycles. The summed E-state index contributed by atoms with van der Waals surface area (Å²) in [6.45, 7) is 6.99. The van der Waals surface area contributed by atoms with Crippen LogP contribution < -0.4 is 5.73 Å². The zero-order chi connectivity index (χ0) is 19.6. The standard InChI is InChI=1S/C18H22Cl2N6O/c1-11(26-8-6-18(21,10-27)7-9-26)23-17-16(22-2)15(24-25-17)12-4-3-5-13(19)14(12)20/h3-5,27H,2,6-10,21H2,1H3,(H,24,25). The summed E-state index contributed by atoms with van der Waals surface area (Å²) in [4.78, 5) is 10.8. The zero-order valence-electron chi connectivity index (χ0n) is 15.0. The number of aromatic amines is 1. The summed E-state index contributed by atoms with van der Waals surface area (Å²) in [6.07, 6.45) is 1.40. The van der Waals surface area contributed by atoms with E-state index in [2.05, 4.69) is 31.8 Å². The Labute approximate surface area is 167 Å². The molecule has 7 nitrogen and oxygen atoms in total. The molecule has 1 saturated heterocycles. The van der Waals surface area contributed by atoms with Crippen LogP contribution in [0.3, 0.4) is 0 Å². The summed E-state index contributed by atoms with van der Waals surface area (Å²) in [6, 6.07) is 5.35. The first kappa shape index (κ1) is 19.8. The minimum Gasteiger partial charge on any atom is -0.394 e. The van der Waals surface area contributed by atoms with Gasteiger partial charge in [0, 0.05) is 24.2 Å². The lowest BCUT2D eigenvalue weighted by Crippen LogP contribution is -2.53. The number of hydrogen-bond acceptors (Lipinski definition) is 5. The Balaban J connectivity index is 1.88. The molecule has 0 atom stereocenters. The van der Waals surface area contributed by atoms with Crippen molar-refractivity contribution in [3.63, 3.8) is 0 Å². The lowest BCUT2D eigenvalue weighted by molar-refractivity contribution is 0.135. The molecule has 0 saturated carbocycles. The van der Waals surface area contributed by atoms with Gasteiger partial charge in [-0.15, -0.1) is 0 Å². The lowest BCUT2D eigenvalue weighted by atomic mass is 9.89. The Morgan fingerprint density at radius 2 is 2.11 bits per heavy atom. The van der Waals surface area contributed by atoms with Crippen molar-refractivity contribution in [1.82, 2.24) is 15.1 Å². The highest BCUT2D eigenvalue weighted by Gasteiger charge is 2.30. The second-order valence-corrected chi connectivity index (χ2v) is 7.48. The Morgan fingerprint density at radius 1 is 1.41 bits per heavy atom. The first-order valence-corrected chi connectivity index (χ1v) is 9.33. The minimum absolute atomic E-state index is 0.00924. The molecule has 4 N–H and O–H groups in total. The number of aliphatic hydroxyl groups is 1. The quantitative estimate of drug-likeness (QED) is 0.531. The van der Waals surface area contributed by atoms with Crippen LogP contribution >= 0.6 is 23.2 Å². The number of nitrogens with zero attached hydrogens (tertiary/aromatic N) is 4. The molecule has 0 bridgehead atoms. The largest absolute Gasteiger partial charge is 0.394 e. The Morgan fingerprint density at radius 3 is 2.74 bits per heavy atom. The third-order valence-corrected chi connectivity index (χ3v) is 5.72. The molecule has 144 valence electrons. The number of hydrogen-bond donors (Lipinski definition) is 3. The predicted molar refractivity (Wildman–Crippen MR) is 111 cm³/mol. The van der Waals surface area contributed by atoms with E-state index in [-0.39, 0.29) is 6.61 Å². The number of nitrogens with one attached hydrogen (secondary N) is 1. The predicted octanol–water partition coefficient (Wildman–Crippen LogP) is 3.55. The molecule has 2 heterocycles. The van der Waals surface area contributed by atoms with Gasteiger partial charge in [0.15, 0.2) is 0 Å². The van der Waals surface area contributed by atoms with Gasteiger partial charge in [0.2, 0.25) is 5.82 Å². The maximum atomic E-state index is 9.40. The molecule has 1 aliphatic rings. The van der Waals surface area contributed by atoms with Gasteiger partial charge in [-0.05, 0) is 32.5 Å². The second-order valence-electron chi connectivity index (χ2n) is 6.70. The summed E-state index contributed by atoms with van der Waals surface area (Å²) >= 11 is 12.4. The van der Waals surface area contributed by atoms with Crippen LogP contribution in [0.1, 0.15) is 19.8 Å². The van der Waals surface area contributed by atoms with Crippen molar-refractivity contribution in [3.05, 3.63) is 28.2 Å². The van der Waals surface area contributed by atoms with Crippen molar-refractivity contribution >= 4 is 47.3 Å². The van der Waals surface area contributed by atoms with E-state index in [4.69, 9.17) is 28.9 Å². The van der Waals surface area contributed by atoms with Crippen LogP contribution in [0.15, 0.2) is 28.2 Å². The zero-order valence-corrected chi connectivity index (χ0v) is 16.6. The molecule has 1 fully saturated rings. The second kappa shape index (κ2) is 7.98. The number of piperidine rings is 1. The number of aromatic nitrogens is 2. The van der Waals surface area contributed by atoms with Gasteiger partial charge in [-0.25, -0.2) is 4.99 Å². The summed E-state index contributed by atoms with van der Waals surface area (Å²) in [5, 5.41) is 17.5. The van der Waals surface area contributed by atoms with E-state index in [1.165, 1.54) is 0 Å². The number of rotatable bonds is 4. The van der Waals surface area contributed by atoms with Crippen LogP contribution in [-0.2, 0) is 0 Å². The normalized spacial score (nSPS) is 17.2. The van der Waals surface area contributed by atoms with Crippen molar-refractivity contribution < 1.29 is 5.11 Å². The van der Waals surface area contributed by atoms with Gasteiger partial charge < -0.3 is 15.7 Å². The monoisotopic (exact) mass is 408 g/mol. The number of likely N-dealkylation sites (tertiary alicyclic amines) is 1. The van der Waals surface area contributed by atoms with E-state index in [9.17, 15) is 5.11 Å². The van der Waals surface area contributed by atoms with E-state index in [1.54, 1.807) is 12.1 Å². The van der Waals surface area contributed by atoms with E-state index in [0.29, 0.717) is 45.6 Å². The number of benzene rings is 1. The van der Waals surface area contributed by atoms with Gasteiger partial charge in [0.1, 0.15) is 11.5 Å². The average Bonchev–Trinajstić information content (AvgIpc) is 3.06. The molecular formula is C18H22Cl2N6O. The molecule has 0 radical (unpaired) electrons. The maximum absolute atomic E-state index is 9.40. The number of H-pyrrole nitrogens is 1. The van der Waals surface area contributed by atoms with Crippen molar-refractivity contribution in [3.8, 4) is 11.3 Å². The van der Waals surface area contributed by atoms with Crippen molar-refractivity contribution in [2.24, 2.45) is 15.7 Å². The first-order valence-electron chi connectivity index (χ1n) is 8.58. The molecule has 9 heteroatoms. The molecule has 1 aromatic heterocycles. The first-order chi connectivity index (χ1) is 12.9. The minimum atomic E-state index is -0.507. The highest BCUT2D eigenvalue weighted by Crippen LogP contribution is 2.41. The fraction of sp³-hybridized carbons (Fsp3) is 0.389. The molecule has 0 spiro atoms. The third kappa shape index (κ3) is 4.01. The average molecular weight is 409 g/mol. The summed E-state index contributed by atoms with van der Waals surface area (Å²) in [5.74, 6) is 1.23. The molecule has 3 rings (SSSR count). The smallest absolute Gasteiger partial charge is 0.201 e. The third-order valence-electron chi connectivity index (χ3n) is 4.90. The highest BCUT2D eigenvalue weighted by molar-refractivity contribution is 6.43.